The molecule has 2 N–H and O–H groups in total. The zero-order valence-corrected chi connectivity index (χ0v) is 8.85. The van der Waals surface area contributed by atoms with Gasteiger partial charge in [0.15, 0.2) is 0 Å². The monoisotopic (exact) mass is 173 g/mol. The van der Waals surface area contributed by atoms with Crippen LogP contribution in [0, 0.1) is 0 Å². The van der Waals surface area contributed by atoms with Crippen LogP contribution in [0.25, 0.3) is 0 Å². The highest BCUT2D eigenvalue weighted by atomic mass is 15.2. The third-order valence-electron chi connectivity index (χ3n) is 1.88. The van der Waals surface area contributed by atoms with Crippen LogP contribution in [0.4, 0.5) is 0 Å². The zero-order valence-electron chi connectivity index (χ0n) is 8.85. The Morgan fingerprint density at radius 3 is 1.83 bits per heavy atom. The van der Waals surface area contributed by atoms with Gasteiger partial charge in [-0.2, -0.15) is 0 Å². The smallest absolute Gasteiger partial charge is 0.0110 e. The minimum Gasteiger partial charge on any atom is -0.323 e. The average molecular weight is 173 g/mol. The van der Waals surface area contributed by atoms with Gasteiger partial charge in [0.2, 0.25) is 0 Å². The molecule has 1 heterocycles. The van der Waals surface area contributed by atoms with Crippen LogP contribution in [0.3, 0.4) is 0 Å². The van der Waals surface area contributed by atoms with E-state index in [9.17, 15) is 0 Å². The molecule has 0 aromatic carbocycles. The number of hydrogen-bond donors (Lipinski definition) is 2. The van der Waals surface area contributed by atoms with Gasteiger partial charge in [0, 0.05) is 32.2 Å². The Balaban J connectivity index is 0.000000354. The lowest BCUT2D eigenvalue weighted by atomic mass is 10.3. The Morgan fingerprint density at radius 1 is 1.17 bits per heavy atom. The summed E-state index contributed by atoms with van der Waals surface area (Å²) in [5.41, 5.74) is 0. The highest BCUT2D eigenvalue weighted by Gasteiger charge is 2.11. The summed E-state index contributed by atoms with van der Waals surface area (Å²) in [5, 5.41) is 6.08. The fourth-order valence-electron chi connectivity index (χ4n) is 1.20. The molecule has 1 rings (SSSR count). The summed E-state index contributed by atoms with van der Waals surface area (Å²) in [6, 6.07) is 0.729. The molecule has 3 nitrogen and oxygen atoms in total. The van der Waals surface area contributed by atoms with Crippen LogP contribution in [0.1, 0.15) is 13.8 Å². The molecule has 0 bridgehead atoms. The van der Waals surface area contributed by atoms with Crippen molar-refractivity contribution in [2.45, 2.75) is 19.9 Å². The summed E-state index contributed by atoms with van der Waals surface area (Å²) in [4.78, 5) is 2.50. The number of nitrogens with zero attached hydrogens (tertiary/aromatic N) is 1. The summed E-state index contributed by atoms with van der Waals surface area (Å²) in [7, 11) is 3.75. The summed E-state index contributed by atoms with van der Waals surface area (Å²) in [6.07, 6.45) is 0. The fraction of sp³-hybridized carbons (Fsp3) is 1.00. The van der Waals surface area contributed by atoms with Crippen LogP contribution in [0.2, 0.25) is 0 Å². The molecule has 0 saturated carbocycles. The number of nitrogens with one attached hydrogen (secondary N) is 2. The van der Waals surface area contributed by atoms with Crippen molar-refractivity contribution in [3.05, 3.63) is 0 Å². The van der Waals surface area contributed by atoms with Gasteiger partial charge in [0.05, 0.1) is 0 Å². The second-order valence-corrected chi connectivity index (χ2v) is 3.38. The second kappa shape index (κ2) is 7.53. The van der Waals surface area contributed by atoms with Crippen LogP contribution in [0.15, 0.2) is 0 Å². The van der Waals surface area contributed by atoms with E-state index in [1.165, 1.54) is 13.1 Å². The maximum absolute atomic E-state index is 3.33. The molecule has 0 unspecified atom stereocenters. The molecule has 0 aromatic rings. The first-order valence-electron chi connectivity index (χ1n) is 4.75. The van der Waals surface area contributed by atoms with Crippen molar-refractivity contribution in [3.63, 3.8) is 0 Å². The lowest BCUT2D eigenvalue weighted by molar-refractivity contribution is 0.196. The van der Waals surface area contributed by atoms with Crippen LogP contribution < -0.4 is 10.6 Å². The number of piperazine rings is 1. The second-order valence-electron chi connectivity index (χ2n) is 3.38. The van der Waals surface area contributed by atoms with E-state index < -0.39 is 0 Å². The Kier molecular flexibility index (Phi) is 7.45. The van der Waals surface area contributed by atoms with Crippen molar-refractivity contribution in [3.8, 4) is 0 Å². The molecular weight excluding hydrogens is 150 g/mol. The molecule has 3 heteroatoms. The predicted molar refractivity (Wildman–Crippen MR) is 54.6 cm³/mol. The lowest BCUT2D eigenvalue weighted by Gasteiger charge is -2.30. The number of hydrogen-bond acceptors (Lipinski definition) is 3. The quantitative estimate of drug-likeness (QED) is 0.590. The highest BCUT2D eigenvalue weighted by Crippen LogP contribution is 1.97. The summed E-state index contributed by atoms with van der Waals surface area (Å²) in [5.74, 6) is 0. The first-order chi connectivity index (χ1) is 5.72. The van der Waals surface area contributed by atoms with Crippen molar-refractivity contribution < 1.29 is 0 Å². The molecule has 0 aliphatic carbocycles. The normalized spacial score (nSPS) is 18.8. The molecule has 0 radical (unpaired) electrons. The van der Waals surface area contributed by atoms with E-state index in [0.29, 0.717) is 0 Å². The minimum absolute atomic E-state index is 0.729. The zero-order chi connectivity index (χ0) is 9.40. The lowest BCUT2D eigenvalue weighted by Crippen LogP contribution is -2.46. The van der Waals surface area contributed by atoms with Gasteiger partial charge in [0.25, 0.3) is 0 Å². The summed E-state index contributed by atoms with van der Waals surface area (Å²) >= 11 is 0. The maximum Gasteiger partial charge on any atom is 0.0110 e. The Bertz CT molecular complexity index is 87.8. The molecule has 1 saturated heterocycles. The predicted octanol–water partition coefficient (Wildman–Crippen LogP) is 0.136. The average Bonchev–Trinajstić information content (AvgIpc) is 2.07. The maximum atomic E-state index is 3.33. The largest absolute Gasteiger partial charge is 0.323 e. The highest BCUT2D eigenvalue weighted by molar-refractivity contribution is 4.69. The van der Waals surface area contributed by atoms with Gasteiger partial charge >= 0.3 is 0 Å². The van der Waals surface area contributed by atoms with E-state index in [-0.39, 0.29) is 0 Å². The first kappa shape index (κ1) is 11.9. The Morgan fingerprint density at radius 2 is 1.58 bits per heavy atom. The van der Waals surface area contributed by atoms with Crippen LogP contribution in [-0.4, -0.2) is 51.2 Å². The van der Waals surface area contributed by atoms with Gasteiger partial charge < -0.3 is 10.6 Å². The van der Waals surface area contributed by atoms with E-state index in [4.69, 9.17) is 0 Å². The van der Waals surface area contributed by atoms with E-state index in [1.807, 2.05) is 14.1 Å². The van der Waals surface area contributed by atoms with Gasteiger partial charge in [0.1, 0.15) is 0 Å². The molecule has 0 aromatic heterocycles. The topological polar surface area (TPSA) is 27.3 Å². The van der Waals surface area contributed by atoms with Crippen molar-refractivity contribution in [1.82, 2.24) is 15.5 Å². The molecule has 0 atom stereocenters. The Hall–Kier alpha value is -0.120. The fourth-order valence-corrected chi connectivity index (χ4v) is 1.20. The molecule has 1 aliphatic heterocycles. The third-order valence-corrected chi connectivity index (χ3v) is 1.88. The SMILES string of the molecule is CC(C)N1CCNCC1.CNC. The summed E-state index contributed by atoms with van der Waals surface area (Å²) in [6.45, 7) is 9.28. The van der Waals surface area contributed by atoms with Gasteiger partial charge in [-0.3, -0.25) is 4.90 Å². The van der Waals surface area contributed by atoms with Gasteiger partial charge in [-0.1, -0.05) is 0 Å². The molecule has 0 amide bonds. The van der Waals surface area contributed by atoms with Crippen LogP contribution >= 0.6 is 0 Å². The van der Waals surface area contributed by atoms with Gasteiger partial charge in [-0.05, 0) is 27.9 Å². The van der Waals surface area contributed by atoms with Gasteiger partial charge in [-0.25, -0.2) is 0 Å². The van der Waals surface area contributed by atoms with Crippen LogP contribution in [-0.2, 0) is 0 Å². The van der Waals surface area contributed by atoms with Crippen molar-refractivity contribution >= 4 is 0 Å². The van der Waals surface area contributed by atoms with Gasteiger partial charge in [-0.15, -0.1) is 0 Å². The van der Waals surface area contributed by atoms with E-state index in [0.717, 1.165) is 19.1 Å². The molecule has 0 spiro atoms. The molecule has 1 aliphatic rings. The standard InChI is InChI=1S/C7H16N2.C2H7N/c1-7(2)9-5-3-8-4-6-9;1-3-2/h7-8H,3-6H2,1-2H3;3H,1-2H3. The number of rotatable bonds is 1. The van der Waals surface area contributed by atoms with E-state index >= 15 is 0 Å². The molecule has 1 fully saturated rings. The van der Waals surface area contributed by atoms with E-state index in [2.05, 4.69) is 29.4 Å². The van der Waals surface area contributed by atoms with E-state index in [1.54, 1.807) is 0 Å². The van der Waals surface area contributed by atoms with Crippen molar-refractivity contribution in [2.75, 3.05) is 40.3 Å². The molecule has 12 heavy (non-hydrogen) atoms. The third kappa shape index (κ3) is 5.52. The van der Waals surface area contributed by atoms with Crippen molar-refractivity contribution in [2.24, 2.45) is 0 Å². The minimum atomic E-state index is 0.729. The van der Waals surface area contributed by atoms with Crippen LogP contribution in [0.5, 0.6) is 0 Å². The molecular formula is C9H23N3. The van der Waals surface area contributed by atoms with Crippen molar-refractivity contribution in [1.29, 1.82) is 0 Å². The Labute approximate surface area is 76.5 Å². The summed E-state index contributed by atoms with van der Waals surface area (Å²) < 4.78 is 0. The molecule has 74 valence electrons. The first-order valence-corrected chi connectivity index (χ1v) is 4.75.